The van der Waals surface area contributed by atoms with Gasteiger partial charge in [0.05, 0.1) is 7.05 Å². The largest absolute Gasteiger partial charge is 0.324 e. The molecule has 1 amide bonds. The zero-order chi connectivity index (χ0) is 19.4. The number of Topliss-reactive ketones (excluding diaryl/α,β-unsaturated/α-hetero) is 1. The number of likely N-dealkylation sites (N-methyl/N-ethyl adjacent to an activating group) is 1. The normalized spacial score (nSPS) is 13.1. The van der Waals surface area contributed by atoms with Crippen molar-refractivity contribution in [3.05, 3.63) is 77.9 Å². The maximum atomic E-state index is 12.6. The quantitative estimate of drug-likeness (QED) is 0.663. The summed E-state index contributed by atoms with van der Waals surface area (Å²) in [5.41, 5.74) is 2.44. The molecule has 138 valence electrons. The smallest absolute Gasteiger partial charge is 0.282 e. The Morgan fingerprint density at radius 3 is 2.44 bits per heavy atom. The van der Waals surface area contributed by atoms with Crippen LogP contribution >= 0.6 is 0 Å². The van der Waals surface area contributed by atoms with Crippen molar-refractivity contribution in [2.45, 2.75) is 26.4 Å². The molecule has 3 rings (SSSR count). The van der Waals surface area contributed by atoms with Crippen LogP contribution in [-0.4, -0.2) is 24.8 Å². The van der Waals surface area contributed by atoms with Crippen molar-refractivity contribution in [2.75, 3.05) is 12.4 Å². The molecule has 1 unspecified atom stereocenters. The number of carbonyl (C=O) groups is 2. The van der Waals surface area contributed by atoms with E-state index in [0.29, 0.717) is 11.3 Å². The van der Waals surface area contributed by atoms with Gasteiger partial charge in [-0.15, -0.1) is 0 Å². The maximum absolute atomic E-state index is 12.6. The van der Waals surface area contributed by atoms with Crippen molar-refractivity contribution in [1.82, 2.24) is 0 Å². The first-order chi connectivity index (χ1) is 12.9. The third-order valence-electron chi connectivity index (χ3n) is 4.97. The van der Waals surface area contributed by atoms with E-state index in [-0.39, 0.29) is 17.7 Å². The zero-order valence-corrected chi connectivity index (χ0v) is 16.0. The fraction of sp³-hybridized carbons (Fsp3) is 0.217. The molecule has 2 N–H and O–H groups in total. The van der Waals surface area contributed by atoms with Crippen molar-refractivity contribution in [1.29, 1.82) is 0 Å². The summed E-state index contributed by atoms with van der Waals surface area (Å²) in [4.78, 5) is 25.2. The Bertz CT molecular complexity index is 981. The average molecular weight is 361 g/mol. The summed E-state index contributed by atoms with van der Waals surface area (Å²) >= 11 is 0. The molecule has 2 atom stereocenters. The molecule has 4 nitrogen and oxygen atoms in total. The summed E-state index contributed by atoms with van der Waals surface area (Å²) < 4.78 is 0. The second-order valence-electron chi connectivity index (χ2n) is 7.05. The molecule has 0 saturated heterocycles. The van der Waals surface area contributed by atoms with Crippen LogP contribution in [0.15, 0.2) is 66.7 Å². The van der Waals surface area contributed by atoms with E-state index >= 15 is 0 Å². The van der Waals surface area contributed by atoms with E-state index in [2.05, 4.69) is 35.6 Å². The molecule has 0 radical (unpaired) electrons. The van der Waals surface area contributed by atoms with Gasteiger partial charge in [-0.2, -0.15) is 0 Å². The van der Waals surface area contributed by atoms with E-state index in [0.717, 1.165) is 11.4 Å². The molecule has 3 aromatic rings. The minimum Gasteiger partial charge on any atom is -0.324 e. The average Bonchev–Trinajstić information content (AvgIpc) is 2.67. The van der Waals surface area contributed by atoms with E-state index in [1.807, 2.05) is 26.1 Å². The molecule has 3 aromatic carbocycles. The van der Waals surface area contributed by atoms with Crippen LogP contribution in [0.5, 0.6) is 0 Å². The van der Waals surface area contributed by atoms with Gasteiger partial charge in [0.15, 0.2) is 11.8 Å². The van der Waals surface area contributed by atoms with Crippen LogP contribution in [0.4, 0.5) is 5.69 Å². The summed E-state index contributed by atoms with van der Waals surface area (Å²) in [7, 11) is 2.02. The van der Waals surface area contributed by atoms with E-state index in [1.165, 1.54) is 23.3 Å². The van der Waals surface area contributed by atoms with Gasteiger partial charge in [-0.25, -0.2) is 0 Å². The first-order valence-electron chi connectivity index (χ1n) is 9.16. The monoisotopic (exact) mass is 361 g/mol. The maximum Gasteiger partial charge on any atom is 0.282 e. The van der Waals surface area contributed by atoms with Gasteiger partial charge in [0.2, 0.25) is 0 Å². The van der Waals surface area contributed by atoms with Crippen molar-refractivity contribution < 1.29 is 14.5 Å². The minimum atomic E-state index is -0.225. The van der Waals surface area contributed by atoms with Gasteiger partial charge in [0.1, 0.15) is 6.54 Å². The van der Waals surface area contributed by atoms with Gasteiger partial charge in [-0.3, -0.25) is 9.59 Å². The van der Waals surface area contributed by atoms with Crippen LogP contribution < -0.4 is 10.2 Å². The van der Waals surface area contributed by atoms with Crippen LogP contribution in [-0.2, 0) is 11.3 Å². The number of ketones is 1. The number of hydrogen-bond acceptors (Lipinski definition) is 2. The molecule has 4 heteroatoms. The SMILES string of the molecule is CC(=O)c1cccc(NC(=O)[C@H](C)[NH+](C)Cc2ccc3ccccc3c2)c1. The van der Waals surface area contributed by atoms with Crippen molar-refractivity contribution in [3.8, 4) is 0 Å². The van der Waals surface area contributed by atoms with E-state index in [4.69, 9.17) is 0 Å². The van der Waals surface area contributed by atoms with Crippen LogP contribution in [0.25, 0.3) is 10.8 Å². The lowest BCUT2D eigenvalue weighted by Crippen LogP contribution is -3.12. The molecule has 0 fully saturated rings. The number of amides is 1. The highest BCUT2D eigenvalue weighted by atomic mass is 16.2. The molecule has 0 saturated carbocycles. The Balaban J connectivity index is 1.66. The van der Waals surface area contributed by atoms with E-state index < -0.39 is 0 Å². The van der Waals surface area contributed by atoms with Crippen LogP contribution in [0.2, 0.25) is 0 Å². The first-order valence-corrected chi connectivity index (χ1v) is 9.16. The Kier molecular flexibility index (Phi) is 5.67. The molecule has 0 spiro atoms. The first kappa shape index (κ1) is 18.8. The molecule has 0 bridgehead atoms. The van der Waals surface area contributed by atoms with Crippen LogP contribution in [0.3, 0.4) is 0 Å². The Hall–Kier alpha value is -2.98. The van der Waals surface area contributed by atoms with Crippen LogP contribution in [0, 0.1) is 0 Å². The summed E-state index contributed by atoms with van der Waals surface area (Å²) in [6, 6.07) is 21.5. The van der Waals surface area contributed by atoms with Gasteiger partial charge in [-0.1, -0.05) is 48.5 Å². The Morgan fingerprint density at radius 2 is 1.70 bits per heavy atom. The molecule has 27 heavy (non-hydrogen) atoms. The fourth-order valence-electron chi connectivity index (χ4n) is 3.11. The minimum absolute atomic E-state index is 0.0156. The van der Waals surface area contributed by atoms with Gasteiger partial charge in [0, 0.05) is 16.8 Å². The predicted octanol–water partition coefficient (Wildman–Crippen LogP) is 3.08. The highest BCUT2D eigenvalue weighted by Crippen LogP contribution is 2.15. The lowest BCUT2D eigenvalue weighted by molar-refractivity contribution is -0.907. The molecule has 0 heterocycles. The summed E-state index contributed by atoms with van der Waals surface area (Å²) in [6.45, 7) is 4.19. The summed E-state index contributed by atoms with van der Waals surface area (Å²) in [6.07, 6.45) is 0. The molecule has 0 aliphatic rings. The zero-order valence-electron chi connectivity index (χ0n) is 16.0. The summed E-state index contributed by atoms with van der Waals surface area (Å²) in [5, 5.41) is 5.35. The fourth-order valence-corrected chi connectivity index (χ4v) is 3.11. The van der Waals surface area contributed by atoms with Crippen molar-refractivity contribution >= 4 is 28.2 Å². The number of benzene rings is 3. The lowest BCUT2D eigenvalue weighted by Gasteiger charge is -2.21. The topological polar surface area (TPSA) is 50.6 Å². The highest BCUT2D eigenvalue weighted by Gasteiger charge is 2.22. The number of carbonyl (C=O) groups excluding carboxylic acids is 2. The predicted molar refractivity (Wildman–Crippen MR) is 109 cm³/mol. The number of rotatable bonds is 6. The summed E-state index contributed by atoms with van der Waals surface area (Å²) in [5.74, 6) is -0.0767. The van der Waals surface area contributed by atoms with Crippen molar-refractivity contribution in [2.24, 2.45) is 0 Å². The van der Waals surface area contributed by atoms with Gasteiger partial charge in [0.25, 0.3) is 5.91 Å². The molecule has 0 aromatic heterocycles. The molecule has 0 aliphatic heterocycles. The van der Waals surface area contributed by atoms with Crippen LogP contribution in [0.1, 0.15) is 29.8 Å². The molecular weight excluding hydrogens is 336 g/mol. The number of quaternary nitrogens is 1. The highest BCUT2D eigenvalue weighted by molar-refractivity contribution is 5.98. The second kappa shape index (κ2) is 8.14. The van der Waals surface area contributed by atoms with Crippen molar-refractivity contribution in [3.63, 3.8) is 0 Å². The number of anilines is 1. The standard InChI is InChI=1S/C23H24N2O2/c1-16(23(27)24-22-10-6-9-20(14-22)17(2)26)25(3)15-18-11-12-19-7-4-5-8-21(19)13-18/h4-14,16H,15H2,1-3H3,(H,24,27)/p+1/t16-/m0/s1. The Morgan fingerprint density at radius 1 is 0.963 bits per heavy atom. The number of fused-ring (bicyclic) bond motifs is 1. The van der Waals surface area contributed by atoms with Gasteiger partial charge < -0.3 is 10.2 Å². The van der Waals surface area contributed by atoms with E-state index in [1.54, 1.807) is 24.3 Å². The Labute approximate surface area is 159 Å². The number of nitrogens with one attached hydrogen (secondary N) is 2. The molecular formula is C23H25N2O2+. The van der Waals surface area contributed by atoms with E-state index in [9.17, 15) is 9.59 Å². The second-order valence-corrected chi connectivity index (χ2v) is 7.05. The molecule has 0 aliphatic carbocycles. The third kappa shape index (κ3) is 4.60. The lowest BCUT2D eigenvalue weighted by atomic mass is 10.1. The van der Waals surface area contributed by atoms with Gasteiger partial charge in [-0.05, 0) is 42.8 Å². The number of hydrogen-bond donors (Lipinski definition) is 2. The van der Waals surface area contributed by atoms with Gasteiger partial charge >= 0.3 is 0 Å². The third-order valence-corrected chi connectivity index (χ3v) is 4.97.